The molecule has 8 aromatic carbocycles. The van der Waals surface area contributed by atoms with Crippen molar-refractivity contribution < 1.29 is 0 Å². The van der Waals surface area contributed by atoms with Gasteiger partial charge in [-0.25, -0.2) is 0 Å². The number of hydrogen-bond acceptors (Lipinski definition) is 2. The van der Waals surface area contributed by atoms with Crippen molar-refractivity contribution in [3.05, 3.63) is 207 Å². The van der Waals surface area contributed by atoms with Gasteiger partial charge in [-0.3, -0.25) is 0 Å². The Hall–Kier alpha value is -6.68. The smallest absolute Gasteiger partial charge is 0.0640 e. The monoisotopic (exact) mass is 696 g/mol. The number of hydrogen-bond donors (Lipinski definition) is 0. The van der Waals surface area contributed by atoms with Crippen LogP contribution in [0.5, 0.6) is 0 Å². The molecule has 2 nitrogen and oxygen atoms in total. The third-order valence-corrected chi connectivity index (χ3v) is 11.2. The Kier molecular flexibility index (Phi) is 8.39. The summed E-state index contributed by atoms with van der Waals surface area (Å²) in [5.74, 6) is 0. The molecule has 0 saturated heterocycles. The maximum absolute atomic E-state index is 3.00. The molecule has 2 heterocycles. The van der Waals surface area contributed by atoms with Crippen LogP contribution in [-0.4, -0.2) is 4.57 Å². The molecule has 0 radical (unpaired) electrons. The van der Waals surface area contributed by atoms with E-state index in [4.69, 9.17) is 0 Å². The van der Waals surface area contributed by atoms with E-state index in [2.05, 4.69) is 217 Å². The number of para-hydroxylation sites is 3. The Labute approximate surface area is 313 Å². The summed E-state index contributed by atoms with van der Waals surface area (Å²) in [6.45, 7) is 6.00. The van der Waals surface area contributed by atoms with Crippen LogP contribution >= 0.6 is 11.3 Å². The second kappa shape index (κ2) is 13.8. The van der Waals surface area contributed by atoms with E-state index in [1.165, 1.54) is 69.9 Å². The predicted octanol–water partition coefficient (Wildman–Crippen LogP) is 14.8. The van der Waals surface area contributed by atoms with Crippen molar-refractivity contribution >= 4 is 70.4 Å². The lowest BCUT2D eigenvalue weighted by atomic mass is 9.93. The largest absolute Gasteiger partial charge is 0.310 e. The third-order valence-electron chi connectivity index (χ3n) is 9.98. The summed E-state index contributed by atoms with van der Waals surface area (Å²) in [4.78, 5) is 2.32. The number of benzene rings is 8. The van der Waals surface area contributed by atoms with Crippen LogP contribution in [0, 0.1) is 0 Å². The van der Waals surface area contributed by atoms with E-state index in [1.54, 1.807) is 0 Å². The van der Waals surface area contributed by atoms with Crippen LogP contribution in [0.3, 0.4) is 0 Å². The summed E-state index contributed by atoms with van der Waals surface area (Å²) in [6.07, 6.45) is 0. The van der Waals surface area contributed by atoms with Crippen molar-refractivity contribution in [3.8, 4) is 27.9 Å². The molecule has 2 aromatic heterocycles. The first-order valence-corrected chi connectivity index (χ1v) is 18.7. The molecule has 0 N–H and O–H groups in total. The van der Waals surface area contributed by atoms with Gasteiger partial charge >= 0.3 is 0 Å². The second-order valence-electron chi connectivity index (χ2n) is 12.9. The first kappa shape index (κ1) is 32.2. The first-order chi connectivity index (χ1) is 26.3. The van der Waals surface area contributed by atoms with E-state index in [0.717, 1.165) is 17.1 Å². The maximum Gasteiger partial charge on any atom is 0.0640 e. The quantitative estimate of drug-likeness (QED) is 0.157. The summed E-state index contributed by atoms with van der Waals surface area (Å²) in [5, 5.41) is 5.14. The average molecular weight is 697 g/mol. The molecule has 0 saturated carbocycles. The van der Waals surface area contributed by atoms with Gasteiger partial charge in [0.2, 0.25) is 0 Å². The zero-order valence-corrected chi connectivity index (χ0v) is 30.0. The molecule has 53 heavy (non-hydrogen) atoms. The molecule has 3 heteroatoms. The first-order valence-electron chi connectivity index (χ1n) is 17.9. The lowest BCUT2D eigenvalue weighted by Crippen LogP contribution is -2.09. The molecule has 0 amide bonds. The van der Waals surface area contributed by atoms with E-state index in [-0.39, 0.29) is 0 Å². The van der Waals surface area contributed by atoms with Gasteiger partial charge in [0.05, 0.1) is 21.4 Å². The highest BCUT2D eigenvalue weighted by atomic mass is 32.1. The third kappa shape index (κ3) is 5.59. The molecular formula is C50H36N2S. The number of anilines is 3. The molecule has 0 atom stereocenters. The van der Waals surface area contributed by atoms with Crippen LogP contribution in [0.1, 0.15) is 0 Å². The molecule has 0 fully saturated rings. The minimum absolute atomic E-state index is 1.12. The second-order valence-corrected chi connectivity index (χ2v) is 14.0. The molecule has 0 aliphatic rings. The van der Waals surface area contributed by atoms with Gasteiger partial charge in [0.1, 0.15) is 0 Å². The molecule has 10 rings (SSSR count). The lowest BCUT2D eigenvalue weighted by Gasteiger charge is -2.26. The number of nitrogens with zero attached hydrogens (tertiary/aromatic N) is 2. The number of rotatable bonds is 6. The average Bonchev–Trinajstić information content (AvgIpc) is 3.78. The summed E-state index contributed by atoms with van der Waals surface area (Å²) in [6, 6.07) is 70.2. The van der Waals surface area contributed by atoms with Crippen molar-refractivity contribution in [1.29, 1.82) is 0 Å². The van der Waals surface area contributed by atoms with Gasteiger partial charge in [-0.1, -0.05) is 127 Å². The number of thiophene rings is 1. The van der Waals surface area contributed by atoms with Gasteiger partial charge in [0.15, 0.2) is 0 Å². The maximum atomic E-state index is 3.00. The highest BCUT2D eigenvalue weighted by Gasteiger charge is 2.18. The molecule has 0 aliphatic carbocycles. The summed E-state index contributed by atoms with van der Waals surface area (Å²) >= 11 is 1.88. The van der Waals surface area contributed by atoms with Crippen LogP contribution in [0.15, 0.2) is 207 Å². The van der Waals surface area contributed by atoms with E-state index in [1.807, 2.05) is 11.3 Å². The van der Waals surface area contributed by atoms with Crippen molar-refractivity contribution in [2.75, 3.05) is 4.90 Å². The summed E-state index contributed by atoms with van der Waals surface area (Å²) < 4.78 is 5.10. The van der Waals surface area contributed by atoms with Crippen LogP contribution in [0.2, 0.25) is 0 Å². The van der Waals surface area contributed by atoms with Crippen LogP contribution in [0.4, 0.5) is 17.1 Å². The number of aromatic nitrogens is 1. The summed E-state index contributed by atoms with van der Waals surface area (Å²) in [7, 11) is 0. The zero-order valence-electron chi connectivity index (χ0n) is 29.2. The molecule has 0 bridgehead atoms. The summed E-state index contributed by atoms with van der Waals surface area (Å²) in [5.41, 5.74) is 11.8. The van der Waals surface area contributed by atoms with Gasteiger partial charge in [0, 0.05) is 43.3 Å². The Morgan fingerprint density at radius 2 is 0.943 bits per heavy atom. The Morgan fingerprint density at radius 1 is 0.396 bits per heavy atom. The zero-order chi connectivity index (χ0) is 35.7. The van der Waals surface area contributed by atoms with Crippen molar-refractivity contribution in [1.82, 2.24) is 4.57 Å². The van der Waals surface area contributed by atoms with Crippen LogP contribution in [0.25, 0.3) is 69.9 Å². The fourth-order valence-corrected chi connectivity index (χ4v) is 8.92. The molecular weight excluding hydrogens is 661 g/mol. The molecule has 0 aliphatic heterocycles. The van der Waals surface area contributed by atoms with Crippen molar-refractivity contribution in [2.45, 2.75) is 0 Å². The minimum atomic E-state index is 1.12. The Balaban J connectivity index is 0.00000183. The van der Waals surface area contributed by atoms with E-state index < -0.39 is 0 Å². The predicted molar refractivity (Wildman–Crippen MR) is 230 cm³/mol. The van der Waals surface area contributed by atoms with Gasteiger partial charge in [-0.15, -0.1) is 24.5 Å². The van der Waals surface area contributed by atoms with Gasteiger partial charge in [-0.05, 0) is 89.0 Å². The topological polar surface area (TPSA) is 8.17 Å². The van der Waals surface area contributed by atoms with Gasteiger partial charge < -0.3 is 9.47 Å². The SMILES string of the molecule is C=C.c1ccc(N(c2ccccc2)c2cccc(-c3ccccc3-c3ccc4c(c3)c3ccccc3n4-c3cccc4c3sc3ccccc34)c2)cc1. The molecule has 0 unspecified atom stereocenters. The molecule has 0 spiro atoms. The van der Waals surface area contributed by atoms with E-state index in [9.17, 15) is 0 Å². The highest BCUT2D eigenvalue weighted by Crippen LogP contribution is 2.43. The van der Waals surface area contributed by atoms with Crippen molar-refractivity contribution in [2.24, 2.45) is 0 Å². The molecule has 10 aromatic rings. The van der Waals surface area contributed by atoms with Gasteiger partial charge in [-0.2, -0.15) is 0 Å². The minimum Gasteiger partial charge on any atom is -0.310 e. The lowest BCUT2D eigenvalue weighted by molar-refractivity contribution is 1.20. The fraction of sp³-hybridized carbons (Fsp3) is 0. The van der Waals surface area contributed by atoms with E-state index >= 15 is 0 Å². The Morgan fingerprint density at radius 3 is 1.68 bits per heavy atom. The van der Waals surface area contributed by atoms with E-state index in [0.29, 0.717) is 0 Å². The number of fused-ring (bicyclic) bond motifs is 6. The van der Waals surface area contributed by atoms with Crippen molar-refractivity contribution in [3.63, 3.8) is 0 Å². The standard InChI is InChI=1S/C48H32N2S.C2H4/c1-3-16-35(17-4-1)49(36-18-5-2-6-19-36)37-20-13-15-33(31-37)38-21-7-8-22-39(38)34-29-30-45-43(32-34)40-23-9-11-26-44(40)50(45)46-27-14-25-42-41-24-10-12-28-47(41)51-48(42)46;1-2/h1-32H;1-2H2. The fourth-order valence-electron chi connectivity index (χ4n) is 7.71. The van der Waals surface area contributed by atoms with Crippen LogP contribution < -0.4 is 4.90 Å². The normalized spacial score (nSPS) is 11.2. The molecule has 252 valence electrons. The van der Waals surface area contributed by atoms with Crippen LogP contribution in [-0.2, 0) is 0 Å². The Bertz CT molecular complexity index is 2840. The highest BCUT2D eigenvalue weighted by molar-refractivity contribution is 7.26. The van der Waals surface area contributed by atoms with Gasteiger partial charge in [0.25, 0.3) is 0 Å².